The molecule has 6 nitrogen and oxygen atoms in total. The SMILES string of the molecule is CN(CCc1ccccn1)C(=O)C[C@]1(c2ccccc2Cl)CC(=O)N(C2CCCC2)C1=O. The topological polar surface area (TPSA) is 70.6 Å². The van der Waals surface area contributed by atoms with Crippen LogP contribution in [0.15, 0.2) is 48.7 Å². The Kier molecular flexibility index (Phi) is 6.60. The van der Waals surface area contributed by atoms with Crippen LogP contribution in [0.3, 0.4) is 0 Å². The second-order valence-electron chi connectivity index (χ2n) is 8.81. The van der Waals surface area contributed by atoms with Gasteiger partial charge in [0.1, 0.15) is 0 Å². The van der Waals surface area contributed by atoms with Gasteiger partial charge in [-0.05, 0) is 36.6 Å². The number of halogens is 1. The average molecular weight is 454 g/mol. The van der Waals surface area contributed by atoms with Crippen molar-refractivity contribution in [3.63, 3.8) is 0 Å². The molecule has 0 spiro atoms. The molecular formula is C25H28ClN3O3. The second kappa shape index (κ2) is 9.41. The number of nitrogens with zero attached hydrogens (tertiary/aromatic N) is 3. The van der Waals surface area contributed by atoms with E-state index in [2.05, 4.69) is 4.98 Å². The van der Waals surface area contributed by atoms with E-state index < -0.39 is 5.41 Å². The molecule has 0 N–H and O–H groups in total. The summed E-state index contributed by atoms with van der Waals surface area (Å²) in [4.78, 5) is 47.5. The molecule has 1 aliphatic carbocycles. The lowest BCUT2D eigenvalue weighted by Crippen LogP contribution is -2.45. The molecule has 0 unspecified atom stereocenters. The number of amides is 3. The number of rotatable bonds is 7. The molecule has 2 fully saturated rings. The first-order valence-electron chi connectivity index (χ1n) is 11.2. The van der Waals surface area contributed by atoms with Crippen LogP contribution in [0, 0.1) is 0 Å². The fourth-order valence-corrected chi connectivity index (χ4v) is 5.25. The Hall–Kier alpha value is -2.73. The van der Waals surface area contributed by atoms with Crippen LogP contribution in [-0.4, -0.2) is 52.1 Å². The zero-order valence-corrected chi connectivity index (χ0v) is 19.1. The fraction of sp³-hybridized carbons (Fsp3) is 0.440. The number of pyridine rings is 1. The van der Waals surface area contributed by atoms with E-state index in [4.69, 9.17) is 11.6 Å². The number of imide groups is 1. The average Bonchev–Trinajstić information content (AvgIpc) is 3.39. The summed E-state index contributed by atoms with van der Waals surface area (Å²) in [5.74, 6) is -0.671. The second-order valence-corrected chi connectivity index (χ2v) is 9.22. The molecule has 1 atom stereocenters. The lowest BCUT2D eigenvalue weighted by molar-refractivity contribution is -0.144. The molecule has 1 aromatic carbocycles. The van der Waals surface area contributed by atoms with Crippen LogP contribution >= 0.6 is 11.6 Å². The van der Waals surface area contributed by atoms with E-state index in [1.807, 2.05) is 18.2 Å². The van der Waals surface area contributed by atoms with Crippen molar-refractivity contribution < 1.29 is 14.4 Å². The third kappa shape index (κ3) is 4.29. The summed E-state index contributed by atoms with van der Waals surface area (Å²) in [6.45, 7) is 0.475. The van der Waals surface area contributed by atoms with Gasteiger partial charge in [0.25, 0.3) is 0 Å². The summed E-state index contributed by atoms with van der Waals surface area (Å²) in [5.41, 5.74) is 0.202. The molecule has 1 aliphatic heterocycles. The monoisotopic (exact) mass is 453 g/mol. The van der Waals surface area contributed by atoms with E-state index in [0.29, 0.717) is 23.6 Å². The lowest BCUT2D eigenvalue weighted by atomic mass is 9.75. The van der Waals surface area contributed by atoms with Gasteiger partial charge in [0, 0.05) is 55.8 Å². The Labute approximate surface area is 193 Å². The number of carbonyl (C=O) groups excluding carboxylic acids is 3. The lowest BCUT2D eigenvalue weighted by Gasteiger charge is -2.31. The maximum Gasteiger partial charge on any atom is 0.241 e. The molecule has 3 amide bonds. The van der Waals surface area contributed by atoms with Crippen LogP contribution in [-0.2, 0) is 26.2 Å². The maximum atomic E-state index is 13.8. The molecule has 168 valence electrons. The molecule has 1 saturated heterocycles. The number of benzene rings is 1. The van der Waals surface area contributed by atoms with E-state index >= 15 is 0 Å². The van der Waals surface area contributed by atoms with Crippen molar-refractivity contribution in [3.05, 3.63) is 64.9 Å². The van der Waals surface area contributed by atoms with Crippen LogP contribution in [0.25, 0.3) is 0 Å². The Morgan fingerprint density at radius 3 is 2.56 bits per heavy atom. The minimum Gasteiger partial charge on any atom is -0.345 e. The predicted molar refractivity (Wildman–Crippen MR) is 122 cm³/mol. The largest absolute Gasteiger partial charge is 0.345 e. The van der Waals surface area contributed by atoms with Crippen molar-refractivity contribution in [2.45, 2.75) is 56.4 Å². The molecule has 0 radical (unpaired) electrons. The third-order valence-corrected chi connectivity index (χ3v) is 7.07. The fourth-order valence-electron chi connectivity index (χ4n) is 4.93. The van der Waals surface area contributed by atoms with Crippen molar-refractivity contribution in [1.82, 2.24) is 14.8 Å². The van der Waals surface area contributed by atoms with Crippen LogP contribution in [0.2, 0.25) is 5.02 Å². The molecule has 32 heavy (non-hydrogen) atoms. The Bertz CT molecular complexity index is 1010. The maximum absolute atomic E-state index is 13.8. The highest BCUT2D eigenvalue weighted by atomic mass is 35.5. The van der Waals surface area contributed by atoms with Gasteiger partial charge < -0.3 is 4.90 Å². The highest BCUT2D eigenvalue weighted by Gasteiger charge is 2.56. The predicted octanol–water partition coefficient (Wildman–Crippen LogP) is 3.77. The summed E-state index contributed by atoms with van der Waals surface area (Å²) in [7, 11) is 1.72. The van der Waals surface area contributed by atoms with Gasteiger partial charge in [-0.3, -0.25) is 24.3 Å². The van der Waals surface area contributed by atoms with E-state index in [1.54, 1.807) is 42.4 Å². The molecular weight excluding hydrogens is 426 g/mol. The Morgan fingerprint density at radius 1 is 1.16 bits per heavy atom. The first kappa shape index (κ1) is 22.5. The number of hydrogen-bond acceptors (Lipinski definition) is 4. The van der Waals surface area contributed by atoms with Gasteiger partial charge in [-0.2, -0.15) is 0 Å². The van der Waals surface area contributed by atoms with Gasteiger partial charge in [0.15, 0.2) is 0 Å². The van der Waals surface area contributed by atoms with E-state index in [0.717, 1.165) is 31.4 Å². The van der Waals surface area contributed by atoms with Crippen molar-refractivity contribution in [1.29, 1.82) is 0 Å². The Balaban J connectivity index is 1.59. The molecule has 1 aromatic heterocycles. The number of carbonyl (C=O) groups is 3. The molecule has 0 bridgehead atoms. The molecule has 2 heterocycles. The van der Waals surface area contributed by atoms with Gasteiger partial charge >= 0.3 is 0 Å². The zero-order valence-electron chi connectivity index (χ0n) is 18.3. The summed E-state index contributed by atoms with van der Waals surface area (Å²) in [6, 6.07) is 12.7. The number of hydrogen-bond donors (Lipinski definition) is 0. The van der Waals surface area contributed by atoms with Crippen molar-refractivity contribution in [2.24, 2.45) is 0 Å². The van der Waals surface area contributed by atoms with E-state index in [9.17, 15) is 14.4 Å². The standard InChI is InChI=1S/C25H28ClN3O3/c1-28(15-13-18-8-6-7-14-27-18)22(30)16-25(20-11-4-5-12-21(20)26)17-23(31)29(24(25)32)19-9-2-3-10-19/h4-8,11-12,14,19H,2-3,9-10,13,15-17H2,1H3/t25-/m1/s1. The van der Waals surface area contributed by atoms with E-state index in [1.165, 1.54) is 4.90 Å². The third-order valence-electron chi connectivity index (χ3n) is 6.74. The summed E-state index contributed by atoms with van der Waals surface area (Å²) >= 11 is 6.50. The van der Waals surface area contributed by atoms with Crippen molar-refractivity contribution in [3.8, 4) is 0 Å². The van der Waals surface area contributed by atoms with Crippen LogP contribution in [0.4, 0.5) is 0 Å². The van der Waals surface area contributed by atoms with E-state index in [-0.39, 0.29) is 36.6 Å². The zero-order chi connectivity index (χ0) is 22.7. The molecule has 1 saturated carbocycles. The number of aromatic nitrogens is 1. The summed E-state index contributed by atoms with van der Waals surface area (Å²) in [5, 5.41) is 0.408. The minimum atomic E-state index is -1.26. The molecule has 2 aliphatic rings. The van der Waals surface area contributed by atoms with Crippen LogP contribution in [0.5, 0.6) is 0 Å². The first-order chi connectivity index (χ1) is 15.4. The number of likely N-dealkylation sites (tertiary alicyclic amines) is 1. The van der Waals surface area contributed by atoms with Gasteiger partial charge in [0.05, 0.1) is 5.41 Å². The highest BCUT2D eigenvalue weighted by Crippen LogP contribution is 2.45. The van der Waals surface area contributed by atoms with Crippen molar-refractivity contribution in [2.75, 3.05) is 13.6 Å². The van der Waals surface area contributed by atoms with Gasteiger partial charge in [0.2, 0.25) is 17.7 Å². The number of likely N-dealkylation sites (N-methyl/N-ethyl adjacent to an activating group) is 1. The van der Waals surface area contributed by atoms with Crippen LogP contribution in [0.1, 0.15) is 49.8 Å². The normalized spacial score (nSPS) is 21.4. The minimum absolute atomic E-state index is 0.0219. The molecule has 4 rings (SSSR count). The van der Waals surface area contributed by atoms with Gasteiger partial charge in [-0.1, -0.05) is 48.7 Å². The first-order valence-corrected chi connectivity index (χ1v) is 11.6. The quantitative estimate of drug-likeness (QED) is 0.598. The van der Waals surface area contributed by atoms with Crippen LogP contribution < -0.4 is 0 Å². The smallest absolute Gasteiger partial charge is 0.241 e. The van der Waals surface area contributed by atoms with Gasteiger partial charge in [-0.25, -0.2) is 0 Å². The van der Waals surface area contributed by atoms with Crippen molar-refractivity contribution >= 4 is 29.3 Å². The Morgan fingerprint density at radius 2 is 1.88 bits per heavy atom. The summed E-state index contributed by atoms with van der Waals surface area (Å²) in [6.07, 6.45) is 5.91. The van der Waals surface area contributed by atoms with Gasteiger partial charge in [-0.15, -0.1) is 0 Å². The molecule has 7 heteroatoms. The highest BCUT2D eigenvalue weighted by molar-refractivity contribution is 6.32. The molecule has 2 aromatic rings. The summed E-state index contributed by atoms with van der Waals surface area (Å²) < 4.78 is 0.